The molecule has 4 rings (SSSR count). The summed E-state index contributed by atoms with van der Waals surface area (Å²) in [5.74, 6) is -0.717. The molecule has 168 valence electrons. The van der Waals surface area contributed by atoms with Crippen LogP contribution in [0.25, 0.3) is 0 Å². The molecule has 0 aliphatic carbocycles. The van der Waals surface area contributed by atoms with E-state index < -0.39 is 17.5 Å². The number of amides is 4. The lowest BCUT2D eigenvalue weighted by Gasteiger charge is -2.28. The number of benzene rings is 3. The van der Waals surface area contributed by atoms with Crippen LogP contribution in [0.5, 0.6) is 0 Å². The molecule has 0 saturated carbocycles. The van der Waals surface area contributed by atoms with Crippen molar-refractivity contribution in [3.8, 4) is 0 Å². The van der Waals surface area contributed by atoms with Crippen molar-refractivity contribution in [2.24, 2.45) is 0 Å². The number of nitrogens with zero attached hydrogens (tertiary/aromatic N) is 2. The van der Waals surface area contributed by atoms with E-state index in [1.807, 2.05) is 91.9 Å². The molecule has 33 heavy (non-hydrogen) atoms. The molecule has 1 N–H and O–H groups in total. The molecule has 6 heteroatoms. The maximum Gasteiger partial charge on any atom is 0.325 e. The SMILES string of the molecule is Cc1ccccc1CN(C)C(=O)CN1C(=O)NC(Cc2ccccc2)(c2ccccc2)C1=O. The van der Waals surface area contributed by atoms with Crippen LogP contribution in [0.2, 0.25) is 0 Å². The number of urea groups is 1. The quantitative estimate of drug-likeness (QED) is 0.569. The highest BCUT2D eigenvalue weighted by Gasteiger charge is 2.52. The van der Waals surface area contributed by atoms with Gasteiger partial charge >= 0.3 is 6.03 Å². The van der Waals surface area contributed by atoms with E-state index in [0.717, 1.165) is 21.6 Å². The summed E-state index contributed by atoms with van der Waals surface area (Å²) in [6.07, 6.45) is 0.298. The Labute approximate surface area is 193 Å². The third kappa shape index (κ3) is 4.51. The summed E-state index contributed by atoms with van der Waals surface area (Å²) in [6, 6.07) is 26.0. The fraction of sp³-hybridized carbons (Fsp3) is 0.222. The first-order valence-corrected chi connectivity index (χ1v) is 10.9. The Morgan fingerprint density at radius 2 is 1.52 bits per heavy atom. The molecular weight excluding hydrogens is 414 g/mol. The number of rotatable bonds is 7. The number of nitrogens with one attached hydrogen (secondary N) is 1. The summed E-state index contributed by atoms with van der Waals surface area (Å²) in [5.41, 5.74) is 2.45. The van der Waals surface area contributed by atoms with E-state index in [1.54, 1.807) is 11.9 Å². The Bertz CT molecular complexity index is 1160. The number of carbonyl (C=O) groups is 3. The van der Waals surface area contributed by atoms with Gasteiger partial charge in [-0.25, -0.2) is 4.79 Å². The summed E-state index contributed by atoms with van der Waals surface area (Å²) < 4.78 is 0. The molecule has 1 heterocycles. The van der Waals surface area contributed by atoms with Crippen LogP contribution in [0, 0.1) is 6.92 Å². The molecule has 6 nitrogen and oxygen atoms in total. The summed E-state index contributed by atoms with van der Waals surface area (Å²) in [5, 5.41) is 2.90. The van der Waals surface area contributed by atoms with Crippen LogP contribution in [0.3, 0.4) is 0 Å². The lowest BCUT2D eigenvalue weighted by atomic mass is 9.83. The van der Waals surface area contributed by atoms with E-state index in [1.165, 1.54) is 0 Å². The van der Waals surface area contributed by atoms with Gasteiger partial charge in [0, 0.05) is 20.0 Å². The van der Waals surface area contributed by atoms with Crippen molar-refractivity contribution in [3.05, 3.63) is 107 Å². The van der Waals surface area contributed by atoms with Crippen LogP contribution >= 0.6 is 0 Å². The number of hydrogen-bond donors (Lipinski definition) is 1. The highest BCUT2D eigenvalue weighted by atomic mass is 16.2. The zero-order valence-electron chi connectivity index (χ0n) is 18.8. The molecule has 4 amide bonds. The molecule has 3 aromatic rings. The number of imide groups is 1. The van der Waals surface area contributed by atoms with Gasteiger partial charge in [0.15, 0.2) is 5.54 Å². The average Bonchev–Trinajstić information content (AvgIpc) is 3.06. The maximum absolute atomic E-state index is 13.7. The van der Waals surface area contributed by atoms with Gasteiger partial charge in [-0.3, -0.25) is 14.5 Å². The number of likely N-dealkylation sites (N-methyl/N-ethyl adjacent to an activating group) is 1. The second-order valence-corrected chi connectivity index (χ2v) is 8.43. The lowest BCUT2D eigenvalue weighted by Crippen LogP contribution is -2.47. The zero-order chi connectivity index (χ0) is 23.4. The molecule has 1 aliphatic rings. The molecule has 3 aromatic carbocycles. The minimum Gasteiger partial charge on any atom is -0.340 e. The van der Waals surface area contributed by atoms with Gasteiger partial charge in [-0.15, -0.1) is 0 Å². The van der Waals surface area contributed by atoms with Gasteiger partial charge in [-0.2, -0.15) is 0 Å². The molecule has 0 spiro atoms. The van der Waals surface area contributed by atoms with Crippen molar-refractivity contribution < 1.29 is 14.4 Å². The number of aryl methyl sites for hydroxylation is 1. The van der Waals surface area contributed by atoms with Gasteiger partial charge in [0.05, 0.1) is 0 Å². The lowest BCUT2D eigenvalue weighted by molar-refractivity contribution is -0.138. The summed E-state index contributed by atoms with van der Waals surface area (Å²) in [4.78, 5) is 42.2. The fourth-order valence-electron chi connectivity index (χ4n) is 4.20. The van der Waals surface area contributed by atoms with E-state index >= 15 is 0 Å². The van der Waals surface area contributed by atoms with Crippen molar-refractivity contribution in [1.29, 1.82) is 0 Å². The molecule has 1 unspecified atom stereocenters. The first kappa shape index (κ1) is 22.3. The van der Waals surface area contributed by atoms with Crippen LogP contribution in [-0.2, 0) is 28.1 Å². The molecular formula is C27H27N3O3. The Balaban J connectivity index is 1.57. The highest BCUT2D eigenvalue weighted by molar-refractivity contribution is 6.09. The van der Waals surface area contributed by atoms with Crippen LogP contribution in [0.1, 0.15) is 22.3 Å². The Hall–Kier alpha value is -3.93. The van der Waals surface area contributed by atoms with Crippen molar-refractivity contribution in [1.82, 2.24) is 15.1 Å². The van der Waals surface area contributed by atoms with E-state index in [9.17, 15) is 14.4 Å². The van der Waals surface area contributed by atoms with Gasteiger partial charge in [-0.05, 0) is 29.2 Å². The van der Waals surface area contributed by atoms with E-state index in [2.05, 4.69) is 5.32 Å². The van der Waals surface area contributed by atoms with Gasteiger partial charge < -0.3 is 10.2 Å². The second kappa shape index (κ2) is 9.28. The Morgan fingerprint density at radius 3 is 2.18 bits per heavy atom. The van der Waals surface area contributed by atoms with Crippen molar-refractivity contribution in [2.75, 3.05) is 13.6 Å². The maximum atomic E-state index is 13.7. The van der Waals surface area contributed by atoms with Crippen LogP contribution < -0.4 is 5.32 Å². The standard InChI is InChI=1S/C27H27N3O3/c1-20-11-9-10-14-22(20)18-29(2)24(31)19-30-25(32)27(28-26(30)33,23-15-7-4-8-16-23)17-21-12-5-3-6-13-21/h3-16H,17-19H2,1-2H3,(H,28,33). The molecule has 0 bridgehead atoms. The van der Waals surface area contributed by atoms with Gasteiger partial charge in [0.2, 0.25) is 5.91 Å². The van der Waals surface area contributed by atoms with Crippen molar-refractivity contribution in [3.63, 3.8) is 0 Å². The third-order valence-corrected chi connectivity index (χ3v) is 6.14. The molecule has 1 saturated heterocycles. The van der Waals surface area contributed by atoms with Crippen LogP contribution in [0.15, 0.2) is 84.9 Å². The summed E-state index contributed by atoms with van der Waals surface area (Å²) in [7, 11) is 1.68. The normalized spacial score (nSPS) is 17.7. The highest BCUT2D eigenvalue weighted by Crippen LogP contribution is 2.33. The van der Waals surface area contributed by atoms with Crippen molar-refractivity contribution >= 4 is 17.8 Å². The molecule has 0 aromatic heterocycles. The summed E-state index contributed by atoms with van der Waals surface area (Å²) >= 11 is 0. The molecule has 1 atom stereocenters. The molecule has 1 aliphatic heterocycles. The van der Waals surface area contributed by atoms with Gasteiger partial charge in [0.1, 0.15) is 6.54 Å². The smallest absolute Gasteiger partial charge is 0.325 e. The average molecular weight is 442 g/mol. The minimum atomic E-state index is -1.26. The second-order valence-electron chi connectivity index (χ2n) is 8.43. The summed E-state index contributed by atoms with van der Waals surface area (Å²) in [6.45, 7) is 2.09. The third-order valence-electron chi connectivity index (χ3n) is 6.14. The topological polar surface area (TPSA) is 69.7 Å². The first-order chi connectivity index (χ1) is 15.9. The van der Waals surface area contributed by atoms with E-state index in [0.29, 0.717) is 18.5 Å². The Kier molecular flexibility index (Phi) is 6.27. The first-order valence-electron chi connectivity index (χ1n) is 10.9. The van der Waals surface area contributed by atoms with Gasteiger partial charge in [0.25, 0.3) is 5.91 Å². The van der Waals surface area contributed by atoms with Crippen molar-refractivity contribution in [2.45, 2.75) is 25.4 Å². The Morgan fingerprint density at radius 1 is 0.909 bits per heavy atom. The fourth-order valence-corrected chi connectivity index (χ4v) is 4.20. The minimum absolute atomic E-state index is 0.298. The largest absolute Gasteiger partial charge is 0.340 e. The van der Waals surface area contributed by atoms with Gasteiger partial charge in [-0.1, -0.05) is 84.9 Å². The predicted octanol–water partition coefficient (Wildman–Crippen LogP) is 3.64. The monoisotopic (exact) mass is 441 g/mol. The molecule has 1 fully saturated rings. The van der Waals surface area contributed by atoms with E-state index in [-0.39, 0.29) is 12.5 Å². The predicted molar refractivity (Wildman–Crippen MR) is 126 cm³/mol. The van der Waals surface area contributed by atoms with Crippen LogP contribution in [0.4, 0.5) is 4.79 Å². The zero-order valence-corrected chi connectivity index (χ0v) is 18.8. The number of hydrogen-bond acceptors (Lipinski definition) is 3. The van der Waals surface area contributed by atoms with Crippen LogP contribution in [-0.4, -0.2) is 41.2 Å². The molecule has 0 radical (unpaired) electrons. The van der Waals surface area contributed by atoms with E-state index in [4.69, 9.17) is 0 Å². The number of carbonyl (C=O) groups excluding carboxylic acids is 3.